The van der Waals surface area contributed by atoms with Gasteiger partial charge in [0.05, 0.1) is 22.3 Å². The molecule has 0 saturated carbocycles. The van der Waals surface area contributed by atoms with Crippen molar-refractivity contribution in [1.82, 2.24) is 14.9 Å². The van der Waals surface area contributed by atoms with Crippen LogP contribution in [0.15, 0.2) is 0 Å². The van der Waals surface area contributed by atoms with Crippen molar-refractivity contribution in [2.75, 3.05) is 19.3 Å². The number of hydrogen-bond acceptors (Lipinski definition) is 5. The molecule has 6 nitrogen and oxygen atoms in total. The Morgan fingerprint density at radius 3 is 2.30 bits per heavy atom. The maximum absolute atomic E-state index is 12.4. The van der Waals surface area contributed by atoms with Crippen LogP contribution in [0.3, 0.4) is 0 Å². The molecule has 110 valence electrons. The molecule has 20 heavy (non-hydrogen) atoms. The van der Waals surface area contributed by atoms with Gasteiger partial charge in [-0.2, -0.15) is 0 Å². The van der Waals surface area contributed by atoms with Crippen molar-refractivity contribution in [3.63, 3.8) is 0 Å². The second-order valence-corrected chi connectivity index (χ2v) is 7.65. The van der Waals surface area contributed by atoms with Crippen molar-refractivity contribution < 1.29 is 13.2 Å². The van der Waals surface area contributed by atoms with Crippen LogP contribution in [0.5, 0.6) is 0 Å². The van der Waals surface area contributed by atoms with E-state index in [0.717, 1.165) is 11.4 Å². The van der Waals surface area contributed by atoms with Gasteiger partial charge in [0.2, 0.25) is 0 Å². The van der Waals surface area contributed by atoms with Gasteiger partial charge in [-0.05, 0) is 27.2 Å². The Balaban J connectivity index is 2.24. The number of carbonyl (C=O) groups is 1. The van der Waals surface area contributed by atoms with E-state index in [1.807, 2.05) is 13.8 Å². The highest BCUT2D eigenvalue weighted by Crippen LogP contribution is 2.19. The molecule has 2 heterocycles. The van der Waals surface area contributed by atoms with Gasteiger partial charge in [0.25, 0.3) is 5.91 Å². The number of rotatable bonds is 2. The molecule has 2 rings (SSSR count). The zero-order valence-electron chi connectivity index (χ0n) is 12.2. The van der Waals surface area contributed by atoms with Crippen LogP contribution in [0.25, 0.3) is 0 Å². The van der Waals surface area contributed by atoms with Crippen molar-refractivity contribution in [3.8, 4) is 0 Å². The number of nitrogens with zero attached hydrogens (tertiary/aromatic N) is 3. The molecule has 1 fully saturated rings. The van der Waals surface area contributed by atoms with E-state index in [-0.39, 0.29) is 12.5 Å². The standard InChI is InChI=1S/C13H19N3O3S/c1-8-9(2)15-12(10(3)14-8)13(17)16-6-5-11(7-16)20(4,18)19/h11H,5-7H2,1-4H3. The van der Waals surface area contributed by atoms with E-state index >= 15 is 0 Å². The Morgan fingerprint density at radius 2 is 1.75 bits per heavy atom. The van der Waals surface area contributed by atoms with Gasteiger partial charge in [-0.3, -0.25) is 9.78 Å². The molecule has 0 N–H and O–H groups in total. The highest BCUT2D eigenvalue weighted by Gasteiger charge is 2.34. The molecule has 1 aliphatic rings. The predicted molar refractivity (Wildman–Crippen MR) is 75.4 cm³/mol. The number of amides is 1. The van der Waals surface area contributed by atoms with Gasteiger partial charge < -0.3 is 4.90 Å². The Bertz CT molecular complexity index is 655. The summed E-state index contributed by atoms with van der Waals surface area (Å²) >= 11 is 0. The van der Waals surface area contributed by atoms with Gasteiger partial charge in [-0.15, -0.1) is 0 Å². The summed E-state index contributed by atoms with van der Waals surface area (Å²) in [5.74, 6) is -0.232. The molecule has 1 saturated heterocycles. The SMILES string of the molecule is Cc1nc(C)c(C(=O)N2CCC(S(C)(=O)=O)C2)nc1C. The lowest BCUT2D eigenvalue weighted by atomic mass is 10.2. The summed E-state index contributed by atoms with van der Waals surface area (Å²) in [6.45, 7) is 6.09. The van der Waals surface area contributed by atoms with Crippen LogP contribution in [0.1, 0.15) is 34.0 Å². The van der Waals surface area contributed by atoms with Crippen molar-refractivity contribution in [3.05, 3.63) is 22.8 Å². The molecule has 1 amide bonds. The molecule has 0 aromatic carbocycles. The number of carbonyl (C=O) groups excluding carboxylic acids is 1. The fourth-order valence-corrected chi connectivity index (χ4v) is 3.31. The fraction of sp³-hybridized carbons (Fsp3) is 0.615. The molecule has 7 heteroatoms. The van der Waals surface area contributed by atoms with Crippen LogP contribution < -0.4 is 0 Å². The molecule has 0 radical (unpaired) electrons. The van der Waals surface area contributed by atoms with E-state index in [1.54, 1.807) is 11.8 Å². The van der Waals surface area contributed by atoms with Crippen molar-refractivity contribution >= 4 is 15.7 Å². The minimum Gasteiger partial charge on any atom is -0.336 e. The lowest BCUT2D eigenvalue weighted by Crippen LogP contribution is -2.33. The van der Waals surface area contributed by atoms with Gasteiger partial charge in [0, 0.05) is 19.3 Å². The number of hydrogen-bond donors (Lipinski definition) is 0. The van der Waals surface area contributed by atoms with Crippen LogP contribution in [0.4, 0.5) is 0 Å². The van der Waals surface area contributed by atoms with Gasteiger partial charge in [0.15, 0.2) is 9.84 Å². The molecule has 1 aliphatic heterocycles. The molecule has 0 spiro atoms. The topological polar surface area (TPSA) is 80.2 Å². The molecule has 0 aliphatic carbocycles. The van der Waals surface area contributed by atoms with Crippen LogP contribution >= 0.6 is 0 Å². The van der Waals surface area contributed by atoms with Gasteiger partial charge in [0.1, 0.15) is 5.69 Å². The number of aryl methyl sites for hydroxylation is 3. The first-order chi connectivity index (χ1) is 9.20. The minimum absolute atomic E-state index is 0.232. The van der Waals surface area contributed by atoms with Gasteiger partial charge in [-0.1, -0.05) is 0 Å². The summed E-state index contributed by atoms with van der Waals surface area (Å²) < 4.78 is 23.1. The average molecular weight is 297 g/mol. The van der Waals surface area contributed by atoms with Crippen LogP contribution in [0, 0.1) is 20.8 Å². The van der Waals surface area contributed by atoms with E-state index in [0.29, 0.717) is 24.4 Å². The Hall–Kier alpha value is -1.50. The zero-order chi connectivity index (χ0) is 15.1. The largest absolute Gasteiger partial charge is 0.336 e. The summed E-state index contributed by atoms with van der Waals surface area (Å²) in [5.41, 5.74) is 2.43. The first-order valence-corrected chi connectivity index (χ1v) is 8.45. The first-order valence-electron chi connectivity index (χ1n) is 6.50. The Labute approximate surface area is 119 Å². The Kier molecular flexibility index (Phi) is 3.82. The number of aromatic nitrogens is 2. The third-order valence-electron chi connectivity index (χ3n) is 3.72. The highest BCUT2D eigenvalue weighted by molar-refractivity contribution is 7.91. The maximum atomic E-state index is 12.4. The number of likely N-dealkylation sites (tertiary alicyclic amines) is 1. The summed E-state index contributed by atoms with van der Waals surface area (Å²) in [5, 5.41) is -0.466. The van der Waals surface area contributed by atoms with Crippen LogP contribution in [-0.4, -0.2) is 53.8 Å². The minimum atomic E-state index is -3.11. The fourth-order valence-electron chi connectivity index (χ4n) is 2.33. The quantitative estimate of drug-likeness (QED) is 0.801. The molecular weight excluding hydrogens is 278 g/mol. The normalized spacial score (nSPS) is 19.4. The zero-order valence-corrected chi connectivity index (χ0v) is 13.0. The predicted octanol–water partition coefficient (Wildman–Crippen LogP) is 0.661. The van der Waals surface area contributed by atoms with Crippen LogP contribution in [0.2, 0.25) is 0 Å². The molecule has 1 atom stereocenters. The van der Waals surface area contributed by atoms with Crippen molar-refractivity contribution in [2.45, 2.75) is 32.4 Å². The molecular formula is C13H19N3O3S. The first kappa shape index (κ1) is 14.9. The lowest BCUT2D eigenvalue weighted by molar-refractivity contribution is 0.0785. The van der Waals surface area contributed by atoms with E-state index in [1.165, 1.54) is 6.26 Å². The van der Waals surface area contributed by atoms with Gasteiger partial charge in [-0.25, -0.2) is 13.4 Å². The van der Waals surface area contributed by atoms with Gasteiger partial charge >= 0.3 is 0 Å². The summed E-state index contributed by atoms with van der Waals surface area (Å²) in [6, 6.07) is 0. The van der Waals surface area contributed by atoms with E-state index < -0.39 is 15.1 Å². The highest BCUT2D eigenvalue weighted by atomic mass is 32.2. The monoisotopic (exact) mass is 297 g/mol. The summed E-state index contributed by atoms with van der Waals surface area (Å²) in [7, 11) is -3.11. The molecule has 1 unspecified atom stereocenters. The molecule has 1 aromatic rings. The lowest BCUT2D eigenvalue weighted by Gasteiger charge is -2.17. The third kappa shape index (κ3) is 2.82. The average Bonchev–Trinajstić information content (AvgIpc) is 2.82. The summed E-state index contributed by atoms with van der Waals surface area (Å²) in [4.78, 5) is 22.6. The number of sulfone groups is 1. The Morgan fingerprint density at radius 1 is 1.15 bits per heavy atom. The second-order valence-electron chi connectivity index (χ2n) is 5.32. The molecule has 1 aromatic heterocycles. The summed E-state index contributed by atoms with van der Waals surface area (Å²) in [6.07, 6.45) is 1.70. The van der Waals surface area contributed by atoms with E-state index in [4.69, 9.17) is 0 Å². The smallest absolute Gasteiger partial charge is 0.274 e. The van der Waals surface area contributed by atoms with E-state index in [2.05, 4.69) is 9.97 Å². The molecule has 0 bridgehead atoms. The van der Waals surface area contributed by atoms with Crippen LogP contribution in [-0.2, 0) is 9.84 Å². The van der Waals surface area contributed by atoms with Crippen molar-refractivity contribution in [2.24, 2.45) is 0 Å². The second kappa shape index (κ2) is 5.12. The maximum Gasteiger partial charge on any atom is 0.274 e. The van der Waals surface area contributed by atoms with E-state index in [9.17, 15) is 13.2 Å². The third-order valence-corrected chi connectivity index (χ3v) is 5.32. The van der Waals surface area contributed by atoms with Crippen molar-refractivity contribution in [1.29, 1.82) is 0 Å².